The molecule has 2 N–H and O–H groups in total. The Bertz CT molecular complexity index is 1430. The van der Waals surface area contributed by atoms with Gasteiger partial charge in [0.15, 0.2) is 0 Å². The van der Waals surface area contributed by atoms with E-state index in [1.165, 1.54) is 10.8 Å². The molecule has 2 atom stereocenters. The summed E-state index contributed by atoms with van der Waals surface area (Å²) >= 11 is 0. The number of benzene rings is 2. The molecule has 2 aromatic carbocycles. The number of H-pyrrole nitrogens is 1. The van der Waals surface area contributed by atoms with Crippen molar-refractivity contribution < 1.29 is 18.6 Å². The van der Waals surface area contributed by atoms with Crippen molar-refractivity contribution in [2.24, 2.45) is 0 Å². The van der Waals surface area contributed by atoms with Crippen LogP contribution in [-0.4, -0.2) is 33.8 Å². The molecule has 0 radical (unpaired) electrons. The van der Waals surface area contributed by atoms with E-state index >= 15 is 0 Å². The fraction of sp³-hybridized carbons (Fsp3) is 0.346. The van der Waals surface area contributed by atoms with Gasteiger partial charge in [0.25, 0.3) is 5.56 Å². The molecule has 0 fully saturated rings. The first-order chi connectivity index (χ1) is 17.0. The van der Waals surface area contributed by atoms with E-state index in [2.05, 4.69) is 10.1 Å². The Balaban J connectivity index is 1.89. The van der Waals surface area contributed by atoms with Gasteiger partial charge in [-0.3, -0.25) is 23.7 Å². The molecule has 0 spiro atoms. The number of aromatic nitrogens is 2. The second-order valence-corrected chi connectivity index (χ2v) is 11.2. The molecule has 3 rings (SSSR count). The number of hydrogen-bond acceptors (Lipinski definition) is 6. The summed E-state index contributed by atoms with van der Waals surface area (Å²) in [4.78, 5) is 38.5. The van der Waals surface area contributed by atoms with Crippen LogP contribution in [0.4, 0.5) is 0 Å². The smallest absolute Gasteiger partial charge is 0.328 e. The van der Waals surface area contributed by atoms with Crippen LogP contribution in [0.5, 0.6) is 5.75 Å². The number of carbonyl (C=O) groups is 1. The number of nitrogens with zero attached hydrogens (tertiary/aromatic N) is 1. The van der Waals surface area contributed by atoms with Crippen LogP contribution in [0.25, 0.3) is 10.8 Å². The SMILES string of the molecule is C/C(=C\CP(=O)(N[C@@H](C)C(=O)OC(C)C)Oc1cccc2ccccc12)Cn1cc(C)c(=O)[nH]c1=O. The molecule has 9 nitrogen and oxygen atoms in total. The highest BCUT2D eigenvalue weighted by Gasteiger charge is 2.30. The molecule has 10 heteroatoms. The Hall–Kier alpha value is -3.42. The van der Waals surface area contributed by atoms with Crippen LogP contribution in [0.15, 0.2) is 69.9 Å². The number of carbonyl (C=O) groups excluding carboxylic acids is 1. The van der Waals surface area contributed by atoms with Gasteiger partial charge in [-0.1, -0.05) is 48.0 Å². The van der Waals surface area contributed by atoms with Gasteiger partial charge in [0.05, 0.1) is 12.3 Å². The maximum Gasteiger partial charge on any atom is 0.328 e. The number of nitrogens with one attached hydrogen (secondary N) is 2. The molecular weight excluding hydrogens is 481 g/mol. The number of fused-ring (bicyclic) bond motifs is 1. The summed E-state index contributed by atoms with van der Waals surface area (Å²) in [6, 6.07) is 12.2. The number of rotatable bonds is 10. The summed E-state index contributed by atoms with van der Waals surface area (Å²) < 4.78 is 26.8. The average Bonchev–Trinajstić information content (AvgIpc) is 2.81. The summed E-state index contributed by atoms with van der Waals surface area (Å²) in [5.74, 6) is -0.116. The van der Waals surface area contributed by atoms with Crippen molar-refractivity contribution in [3.63, 3.8) is 0 Å². The van der Waals surface area contributed by atoms with Crippen LogP contribution >= 0.6 is 7.52 Å². The number of allylic oxidation sites excluding steroid dienone is 2. The third kappa shape index (κ3) is 7.06. The van der Waals surface area contributed by atoms with Crippen LogP contribution in [0.1, 0.15) is 33.3 Å². The molecule has 0 aliphatic carbocycles. The van der Waals surface area contributed by atoms with Crippen LogP contribution in [0.2, 0.25) is 0 Å². The zero-order valence-electron chi connectivity index (χ0n) is 21.1. The van der Waals surface area contributed by atoms with Crippen molar-refractivity contribution in [1.29, 1.82) is 0 Å². The van der Waals surface area contributed by atoms with Crippen LogP contribution in [0.3, 0.4) is 0 Å². The number of hydrogen-bond donors (Lipinski definition) is 2. The molecule has 0 bridgehead atoms. The lowest BCUT2D eigenvalue weighted by atomic mass is 10.1. The topological polar surface area (TPSA) is 119 Å². The summed E-state index contributed by atoms with van der Waals surface area (Å²) in [5, 5.41) is 4.57. The van der Waals surface area contributed by atoms with E-state index in [-0.39, 0.29) is 18.8 Å². The van der Waals surface area contributed by atoms with Gasteiger partial charge in [0.1, 0.15) is 11.8 Å². The maximum atomic E-state index is 14.0. The average molecular weight is 514 g/mol. The number of aryl methyl sites for hydroxylation is 1. The van der Waals surface area contributed by atoms with E-state index in [1.807, 2.05) is 36.4 Å². The molecule has 0 saturated heterocycles. The molecule has 192 valence electrons. The molecular formula is C26H32N3O6P. The maximum absolute atomic E-state index is 14.0. The molecule has 1 heterocycles. The zero-order chi connectivity index (χ0) is 26.5. The Labute approximate surface area is 209 Å². The van der Waals surface area contributed by atoms with Crippen LogP contribution in [-0.2, 0) is 20.6 Å². The Kier molecular flexibility index (Phi) is 8.71. The first-order valence-electron chi connectivity index (χ1n) is 11.7. The fourth-order valence-electron chi connectivity index (χ4n) is 3.58. The summed E-state index contributed by atoms with van der Waals surface area (Å²) in [7, 11) is -3.66. The Morgan fingerprint density at radius 2 is 1.83 bits per heavy atom. The molecule has 1 aromatic heterocycles. The van der Waals surface area contributed by atoms with Gasteiger partial charge in [0.2, 0.25) is 0 Å². The second-order valence-electron chi connectivity index (χ2n) is 9.01. The van der Waals surface area contributed by atoms with E-state index in [9.17, 15) is 18.9 Å². The Morgan fingerprint density at radius 3 is 2.56 bits per heavy atom. The summed E-state index contributed by atoms with van der Waals surface area (Å²) in [6.07, 6.45) is 2.82. The summed E-state index contributed by atoms with van der Waals surface area (Å²) in [5.41, 5.74) is 0.171. The number of esters is 1. The van der Waals surface area contributed by atoms with Crippen LogP contribution in [0, 0.1) is 6.92 Å². The van der Waals surface area contributed by atoms with Gasteiger partial charge in [-0.05, 0) is 46.1 Å². The van der Waals surface area contributed by atoms with Crippen molar-refractivity contribution in [1.82, 2.24) is 14.6 Å². The van der Waals surface area contributed by atoms with E-state index in [0.717, 1.165) is 16.3 Å². The Morgan fingerprint density at radius 1 is 1.14 bits per heavy atom. The summed E-state index contributed by atoms with van der Waals surface area (Å²) in [6.45, 7) is 8.64. The predicted octanol–water partition coefficient (Wildman–Crippen LogP) is 4.15. The van der Waals surface area contributed by atoms with Crippen molar-refractivity contribution in [3.8, 4) is 5.75 Å². The highest BCUT2D eigenvalue weighted by atomic mass is 31.2. The quantitative estimate of drug-likeness (QED) is 0.237. The van der Waals surface area contributed by atoms with Crippen molar-refractivity contribution in [2.45, 2.75) is 53.3 Å². The van der Waals surface area contributed by atoms with E-state index < -0.39 is 30.8 Å². The van der Waals surface area contributed by atoms with Gasteiger partial charge in [0, 0.05) is 23.7 Å². The minimum Gasteiger partial charge on any atom is -0.462 e. The van der Waals surface area contributed by atoms with Gasteiger partial charge in [-0.15, -0.1) is 0 Å². The number of aromatic amines is 1. The molecule has 0 saturated carbocycles. The second kappa shape index (κ2) is 11.5. The minimum atomic E-state index is -3.66. The zero-order valence-corrected chi connectivity index (χ0v) is 22.0. The lowest BCUT2D eigenvalue weighted by Gasteiger charge is -2.24. The molecule has 3 aromatic rings. The highest BCUT2D eigenvalue weighted by molar-refractivity contribution is 7.57. The van der Waals surface area contributed by atoms with E-state index in [0.29, 0.717) is 11.3 Å². The van der Waals surface area contributed by atoms with Crippen molar-refractivity contribution in [2.75, 3.05) is 6.16 Å². The normalized spacial score (nSPS) is 14.4. The van der Waals surface area contributed by atoms with Gasteiger partial charge in [-0.2, -0.15) is 0 Å². The monoisotopic (exact) mass is 513 g/mol. The van der Waals surface area contributed by atoms with Gasteiger partial charge < -0.3 is 9.26 Å². The largest absolute Gasteiger partial charge is 0.462 e. The van der Waals surface area contributed by atoms with Crippen molar-refractivity contribution >= 4 is 24.3 Å². The van der Waals surface area contributed by atoms with Gasteiger partial charge in [-0.25, -0.2) is 9.88 Å². The molecule has 0 aliphatic rings. The lowest BCUT2D eigenvalue weighted by Crippen LogP contribution is -2.36. The molecule has 36 heavy (non-hydrogen) atoms. The minimum absolute atomic E-state index is 0.0432. The first-order valence-corrected chi connectivity index (χ1v) is 13.5. The molecule has 0 aliphatic heterocycles. The molecule has 0 amide bonds. The standard InChI is InChI=1S/C26H32N3O6P/c1-17(2)34-25(31)20(5)28-36(33,35-23-12-8-10-21-9-6-7-11-22(21)23)14-13-18(3)15-29-16-19(4)24(30)27-26(29)32/h6-13,16-17,20H,14-15H2,1-5H3,(H,28,33)(H,27,30,32)/b18-13+/t20-,36?/m0/s1. The fourth-order valence-corrected chi connectivity index (χ4v) is 5.53. The first kappa shape index (κ1) is 27.2. The number of ether oxygens (including phenoxy) is 1. The third-order valence-corrected chi connectivity index (χ3v) is 7.32. The highest BCUT2D eigenvalue weighted by Crippen LogP contribution is 2.46. The third-order valence-electron chi connectivity index (χ3n) is 5.38. The lowest BCUT2D eigenvalue weighted by molar-refractivity contribution is -0.149. The molecule has 1 unspecified atom stereocenters. The van der Waals surface area contributed by atoms with E-state index in [1.54, 1.807) is 46.8 Å². The van der Waals surface area contributed by atoms with E-state index in [4.69, 9.17) is 9.26 Å². The van der Waals surface area contributed by atoms with Gasteiger partial charge >= 0.3 is 19.2 Å². The van der Waals surface area contributed by atoms with Crippen LogP contribution < -0.4 is 20.9 Å². The predicted molar refractivity (Wildman–Crippen MR) is 141 cm³/mol. The van der Waals surface area contributed by atoms with Crippen molar-refractivity contribution in [3.05, 3.63) is 86.7 Å².